The van der Waals surface area contributed by atoms with Gasteiger partial charge in [-0.25, -0.2) is 0 Å². The predicted molar refractivity (Wildman–Crippen MR) is 81.5 cm³/mol. The van der Waals surface area contributed by atoms with E-state index in [0.29, 0.717) is 6.42 Å². The second kappa shape index (κ2) is 12.1. The number of rotatable bonds is 6. The third kappa shape index (κ3) is 8.76. The van der Waals surface area contributed by atoms with Crippen LogP contribution < -0.4 is 11.1 Å². The van der Waals surface area contributed by atoms with Gasteiger partial charge in [0.25, 0.3) is 0 Å². The third-order valence-electron chi connectivity index (χ3n) is 2.29. The number of benzene rings is 1. The van der Waals surface area contributed by atoms with E-state index in [2.05, 4.69) is 29.6 Å². The zero-order valence-corrected chi connectivity index (χ0v) is 9.12. The van der Waals surface area contributed by atoms with Gasteiger partial charge in [0.05, 0.1) is 0 Å². The summed E-state index contributed by atoms with van der Waals surface area (Å²) in [5.41, 5.74) is 7.61. The number of amides is 1. The van der Waals surface area contributed by atoms with E-state index < -0.39 is 0 Å². The van der Waals surface area contributed by atoms with Gasteiger partial charge in [-0.05, 0) is 31.0 Å². The van der Waals surface area contributed by atoms with Crippen molar-refractivity contribution < 1.29 is 4.79 Å². The first-order valence-electron chi connectivity index (χ1n) is 5.23. The van der Waals surface area contributed by atoms with Gasteiger partial charge in [0.2, 0.25) is 5.91 Å². The summed E-state index contributed by atoms with van der Waals surface area (Å²) >= 11 is 0. The van der Waals surface area contributed by atoms with Crippen molar-refractivity contribution in [1.82, 2.24) is 5.32 Å². The summed E-state index contributed by atoms with van der Waals surface area (Å²) in [4.78, 5) is 10.5. The van der Waals surface area contributed by atoms with Crippen LogP contribution >= 0.6 is 0 Å². The molecule has 1 aromatic rings. The Morgan fingerprint density at radius 1 is 1.11 bits per heavy atom. The molecular weight excluding hydrogens is 224 g/mol. The van der Waals surface area contributed by atoms with Gasteiger partial charge in [-0.15, -0.1) is 0 Å². The maximum atomic E-state index is 10.5. The molecule has 1 aromatic carbocycles. The van der Waals surface area contributed by atoms with E-state index in [9.17, 15) is 4.79 Å². The van der Waals surface area contributed by atoms with Gasteiger partial charge in [-0.3, -0.25) is 4.79 Å². The lowest BCUT2D eigenvalue weighted by Crippen LogP contribution is -2.10. The summed E-state index contributed by atoms with van der Waals surface area (Å²) in [6, 6.07) is 8.42. The summed E-state index contributed by atoms with van der Waals surface area (Å²) in [7, 11) is 1.93. The van der Waals surface area contributed by atoms with Crippen LogP contribution in [0.5, 0.6) is 0 Å². The summed E-state index contributed by atoms with van der Waals surface area (Å²) in [6.45, 7) is 0.890. The second-order valence-electron chi connectivity index (χ2n) is 3.67. The molecular formula is C15H30N2O. The highest BCUT2D eigenvalue weighted by Crippen LogP contribution is 2.07. The third-order valence-corrected chi connectivity index (χ3v) is 2.29. The van der Waals surface area contributed by atoms with Crippen LogP contribution in [0.3, 0.4) is 0 Å². The first-order chi connectivity index (χ1) is 7.22. The Morgan fingerprint density at radius 2 is 1.61 bits per heavy atom. The largest absolute Gasteiger partial charge is 0.370 e. The summed E-state index contributed by atoms with van der Waals surface area (Å²) in [5, 5.41) is 3.10. The van der Waals surface area contributed by atoms with Crippen LogP contribution in [0.4, 0.5) is 0 Å². The van der Waals surface area contributed by atoms with Crippen LogP contribution in [-0.4, -0.2) is 13.0 Å². The van der Waals surface area contributed by atoms with E-state index in [1.807, 2.05) is 7.05 Å². The number of nitrogens with one attached hydrogen (secondary N) is 1. The van der Waals surface area contributed by atoms with E-state index >= 15 is 0 Å². The predicted octanol–water partition coefficient (Wildman–Crippen LogP) is 3.12. The van der Waals surface area contributed by atoms with Crippen molar-refractivity contribution in [1.29, 1.82) is 0 Å². The van der Waals surface area contributed by atoms with Crippen molar-refractivity contribution in [3.8, 4) is 0 Å². The van der Waals surface area contributed by atoms with Crippen LogP contribution in [-0.2, 0) is 17.8 Å². The molecule has 0 spiro atoms. The Kier molecular flexibility index (Phi) is 14.7. The first-order valence-corrected chi connectivity index (χ1v) is 5.23. The molecule has 0 saturated heterocycles. The normalized spacial score (nSPS) is 8.50. The number of carbonyl (C=O) groups excluding carboxylic acids is 1. The molecule has 0 unspecified atom stereocenters. The number of nitrogens with two attached hydrogens (primary N) is 1. The minimum absolute atomic E-state index is 0. The van der Waals surface area contributed by atoms with Crippen LogP contribution in [0.15, 0.2) is 24.3 Å². The Morgan fingerprint density at radius 3 is 2.06 bits per heavy atom. The van der Waals surface area contributed by atoms with E-state index in [0.717, 1.165) is 19.4 Å². The molecule has 3 N–H and O–H groups in total. The fourth-order valence-corrected chi connectivity index (χ4v) is 1.49. The Labute approximate surface area is 113 Å². The van der Waals surface area contributed by atoms with E-state index in [4.69, 9.17) is 5.73 Å². The lowest BCUT2D eigenvalue weighted by atomic mass is 10.1. The molecule has 0 aromatic heterocycles. The molecule has 0 bridgehead atoms. The number of primary amides is 1. The van der Waals surface area contributed by atoms with Crippen molar-refractivity contribution in [2.24, 2.45) is 5.73 Å². The van der Waals surface area contributed by atoms with Gasteiger partial charge in [-0.1, -0.05) is 46.5 Å². The van der Waals surface area contributed by atoms with Crippen LogP contribution in [0.2, 0.25) is 0 Å². The monoisotopic (exact) mass is 254 g/mol. The van der Waals surface area contributed by atoms with E-state index in [1.54, 1.807) is 0 Å². The number of aryl methyl sites for hydroxylation is 1. The lowest BCUT2D eigenvalue weighted by molar-refractivity contribution is -0.118. The highest BCUT2D eigenvalue weighted by molar-refractivity contribution is 5.73. The average Bonchev–Trinajstić information content (AvgIpc) is 2.20. The molecule has 0 fully saturated rings. The van der Waals surface area contributed by atoms with Gasteiger partial charge in [0, 0.05) is 13.0 Å². The van der Waals surface area contributed by atoms with Gasteiger partial charge < -0.3 is 11.1 Å². The molecule has 0 radical (unpaired) electrons. The van der Waals surface area contributed by atoms with Gasteiger partial charge in [-0.2, -0.15) is 0 Å². The molecule has 0 heterocycles. The molecule has 3 heteroatoms. The maximum Gasteiger partial charge on any atom is 0.217 e. The number of hydrogen-bond acceptors (Lipinski definition) is 2. The molecule has 106 valence electrons. The molecule has 0 saturated carbocycles. The zero-order chi connectivity index (χ0) is 11.1. The number of hydrogen-bond donors (Lipinski definition) is 2. The van der Waals surface area contributed by atoms with E-state index in [-0.39, 0.29) is 28.2 Å². The smallest absolute Gasteiger partial charge is 0.217 e. The van der Waals surface area contributed by atoms with Gasteiger partial charge >= 0.3 is 0 Å². The molecule has 1 amide bonds. The summed E-state index contributed by atoms with van der Waals surface area (Å²) in [5.74, 6) is -0.221. The van der Waals surface area contributed by atoms with Crippen molar-refractivity contribution >= 4 is 5.91 Å². The average molecular weight is 254 g/mol. The van der Waals surface area contributed by atoms with E-state index in [1.165, 1.54) is 11.1 Å². The molecule has 0 aliphatic carbocycles. The Balaban J connectivity index is -0.000000750. The van der Waals surface area contributed by atoms with Crippen molar-refractivity contribution in [2.45, 2.75) is 48.1 Å². The number of carbonyl (C=O) groups is 1. The lowest BCUT2D eigenvalue weighted by Gasteiger charge is -2.03. The topological polar surface area (TPSA) is 55.1 Å². The molecule has 0 aliphatic rings. The van der Waals surface area contributed by atoms with Crippen LogP contribution in [0.25, 0.3) is 0 Å². The van der Waals surface area contributed by atoms with Crippen LogP contribution in [0, 0.1) is 0 Å². The molecule has 1 rings (SSSR count). The Bertz CT molecular complexity index is 307. The fraction of sp³-hybridized carbons (Fsp3) is 0.533. The van der Waals surface area contributed by atoms with Gasteiger partial charge in [0.1, 0.15) is 0 Å². The molecule has 0 aliphatic heterocycles. The highest BCUT2D eigenvalue weighted by Gasteiger charge is 1.97. The Hall–Kier alpha value is -1.35. The minimum Gasteiger partial charge on any atom is -0.370 e. The molecule has 0 atom stereocenters. The van der Waals surface area contributed by atoms with Gasteiger partial charge in [0.15, 0.2) is 0 Å². The van der Waals surface area contributed by atoms with Crippen molar-refractivity contribution in [3.63, 3.8) is 0 Å². The summed E-state index contributed by atoms with van der Waals surface area (Å²) < 4.78 is 0. The van der Waals surface area contributed by atoms with Crippen LogP contribution in [0.1, 0.15) is 46.2 Å². The molecule has 18 heavy (non-hydrogen) atoms. The summed E-state index contributed by atoms with van der Waals surface area (Å²) in [6.07, 6.45) is 2.22. The fourth-order valence-electron chi connectivity index (χ4n) is 1.49. The minimum atomic E-state index is -0.221. The SMILES string of the molecule is C.C.C.CNCc1ccc(CCCC(N)=O)cc1. The van der Waals surface area contributed by atoms with Crippen molar-refractivity contribution in [3.05, 3.63) is 35.4 Å². The standard InChI is InChI=1S/C12H18N2O.3CH4/c1-14-9-11-7-5-10(6-8-11)3-2-4-12(13)15;;;/h5-8,14H,2-4,9H2,1H3,(H2,13,15);3*1H4. The first kappa shape index (κ1) is 21.9. The highest BCUT2D eigenvalue weighted by atomic mass is 16.1. The zero-order valence-electron chi connectivity index (χ0n) is 9.12. The van der Waals surface area contributed by atoms with Crippen molar-refractivity contribution in [2.75, 3.05) is 7.05 Å². The quantitative estimate of drug-likeness (QED) is 0.819. The molecule has 3 nitrogen and oxygen atoms in total. The second-order valence-corrected chi connectivity index (χ2v) is 3.67. The maximum absolute atomic E-state index is 10.5.